The summed E-state index contributed by atoms with van der Waals surface area (Å²) >= 11 is 1.88. The minimum absolute atomic E-state index is 0.370. The molecule has 0 bridgehead atoms. The molecule has 3 rings (SSSR count). The van der Waals surface area contributed by atoms with Crippen LogP contribution >= 0.6 is 11.3 Å². The summed E-state index contributed by atoms with van der Waals surface area (Å²) in [6.45, 7) is 7.02. The first kappa shape index (κ1) is 20.6. The SMILES string of the molecule is CCNC(=NCCCOC1CCOCC1)N(C)Cc1nc2c(s1)CCCC2. The molecule has 0 unspecified atom stereocenters. The molecule has 0 amide bonds. The second kappa shape index (κ2) is 11.0. The first-order valence-corrected chi connectivity index (χ1v) is 11.2. The second-order valence-electron chi connectivity index (χ2n) is 7.31. The summed E-state index contributed by atoms with van der Waals surface area (Å²) in [7, 11) is 2.10. The summed E-state index contributed by atoms with van der Waals surface area (Å²) in [6, 6.07) is 0. The van der Waals surface area contributed by atoms with E-state index >= 15 is 0 Å². The van der Waals surface area contributed by atoms with Crippen LogP contribution in [0.2, 0.25) is 0 Å². The van der Waals surface area contributed by atoms with Crippen molar-refractivity contribution in [3.63, 3.8) is 0 Å². The van der Waals surface area contributed by atoms with Crippen molar-refractivity contribution in [3.05, 3.63) is 15.6 Å². The summed E-state index contributed by atoms with van der Waals surface area (Å²) in [5, 5.41) is 4.61. The molecule has 1 aliphatic heterocycles. The number of hydrogen-bond acceptors (Lipinski definition) is 5. The van der Waals surface area contributed by atoms with E-state index in [1.165, 1.54) is 34.8 Å². The molecule has 0 aromatic carbocycles. The number of hydrogen-bond donors (Lipinski definition) is 1. The van der Waals surface area contributed by atoms with Crippen molar-refractivity contribution in [2.75, 3.05) is 40.0 Å². The zero-order valence-electron chi connectivity index (χ0n) is 16.8. The number of aryl methyl sites for hydroxylation is 2. The van der Waals surface area contributed by atoms with E-state index in [1.807, 2.05) is 11.3 Å². The van der Waals surface area contributed by atoms with Crippen molar-refractivity contribution in [3.8, 4) is 0 Å². The number of thiazole rings is 1. The van der Waals surface area contributed by atoms with Crippen molar-refractivity contribution in [1.29, 1.82) is 0 Å². The molecule has 0 atom stereocenters. The maximum absolute atomic E-state index is 5.94. The molecule has 0 saturated carbocycles. The zero-order chi connectivity index (χ0) is 18.9. The Morgan fingerprint density at radius 1 is 1.33 bits per heavy atom. The monoisotopic (exact) mass is 394 g/mol. The highest BCUT2D eigenvalue weighted by atomic mass is 32.1. The number of fused-ring (bicyclic) bond motifs is 1. The number of guanidine groups is 1. The third kappa shape index (κ3) is 6.43. The third-order valence-corrected chi connectivity index (χ3v) is 6.19. The standard InChI is InChI=1S/C20H34N4O2S/c1-3-21-20(22-11-6-12-26-16-9-13-25-14-10-16)24(2)15-19-23-17-7-4-5-8-18(17)27-19/h16H,3-15H2,1-2H3,(H,21,22). The molecule has 152 valence electrons. The van der Waals surface area contributed by atoms with Crippen LogP contribution in [0.15, 0.2) is 4.99 Å². The highest BCUT2D eigenvalue weighted by Gasteiger charge is 2.17. The Bertz CT molecular complexity index is 575. The lowest BCUT2D eigenvalue weighted by Crippen LogP contribution is -2.38. The van der Waals surface area contributed by atoms with Crippen LogP contribution in [-0.2, 0) is 28.9 Å². The fourth-order valence-corrected chi connectivity index (χ4v) is 4.77. The number of ether oxygens (including phenoxy) is 2. The molecule has 1 aromatic rings. The van der Waals surface area contributed by atoms with Crippen molar-refractivity contribution >= 4 is 17.3 Å². The predicted molar refractivity (Wildman–Crippen MR) is 111 cm³/mol. The van der Waals surface area contributed by atoms with E-state index in [-0.39, 0.29) is 0 Å². The number of aliphatic imine (C=N–C) groups is 1. The van der Waals surface area contributed by atoms with Gasteiger partial charge in [0.05, 0.1) is 18.3 Å². The summed E-state index contributed by atoms with van der Waals surface area (Å²) in [5.74, 6) is 0.955. The highest BCUT2D eigenvalue weighted by molar-refractivity contribution is 7.11. The van der Waals surface area contributed by atoms with Gasteiger partial charge in [-0.25, -0.2) is 4.98 Å². The number of rotatable bonds is 8. The van der Waals surface area contributed by atoms with Gasteiger partial charge in [0.1, 0.15) is 5.01 Å². The van der Waals surface area contributed by atoms with E-state index in [4.69, 9.17) is 19.5 Å². The minimum atomic E-state index is 0.370. The average Bonchev–Trinajstić information content (AvgIpc) is 3.10. The van der Waals surface area contributed by atoms with Gasteiger partial charge in [0, 0.05) is 44.8 Å². The molecule has 2 aliphatic rings. The topological polar surface area (TPSA) is 59.0 Å². The molecule has 0 spiro atoms. The van der Waals surface area contributed by atoms with Gasteiger partial charge >= 0.3 is 0 Å². The fraction of sp³-hybridized carbons (Fsp3) is 0.800. The van der Waals surface area contributed by atoms with Crippen LogP contribution in [0.4, 0.5) is 0 Å². The summed E-state index contributed by atoms with van der Waals surface area (Å²) in [4.78, 5) is 13.3. The van der Waals surface area contributed by atoms with Gasteiger partial charge in [0.25, 0.3) is 0 Å². The molecular formula is C20H34N4O2S. The zero-order valence-corrected chi connectivity index (χ0v) is 17.7. The predicted octanol–water partition coefficient (Wildman–Crippen LogP) is 3.00. The molecular weight excluding hydrogens is 360 g/mol. The molecule has 1 N–H and O–H groups in total. The quantitative estimate of drug-likeness (QED) is 0.417. The van der Waals surface area contributed by atoms with Gasteiger partial charge in [-0.15, -0.1) is 11.3 Å². The maximum atomic E-state index is 5.94. The Morgan fingerprint density at radius 3 is 2.93 bits per heavy atom. The maximum Gasteiger partial charge on any atom is 0.194 e. The van der Waals surface area contributed by atoms with Gasteiger partial charge in [-0.05, 0) is 51.9 Å². The van der Waals surface area contributed by atoms with Crippen molar-refractivity contribution < 1.29 is 9.47 Å². The fourth-order valence-electron chi connectivity index (χ4n) is 3.56. The Morgan fingerprint density at radius 2 is 2.15 bits per heavy atom. The van der Waals surface area contributed by atoms with E-state index in [1.54, 1.807) is 0 Å². The highest BCUT2D eigenvalue weighted by Crippen LogP contribution is 2.27. The summed E-state index contributed by atoms with van der Waals surface area (Å²) < 4.78 is 11.3. The number of aromatic nitrogens is 1. The molecule has 1 aliphatic carbocycles. The van der Waals surface area contributed by atoms with E-state index in [0.717, 1.165) is 71.1 Å². The largest absolute Gasteiger partial charge is 0.381 e. The van der Waals surface area contributed by atoms with Crippen LogP contribution in [0.25, 0.3) is 0 Å². The molecule has 1 saturated heterocycles. The Hall–Kier alpha value is -1.18. The van der Waals surface area contributed by atoms with Gasteiger partial charge < -0.3 is 19.7 Å². The number of nitrogens with one attached hydrogen (secondary N) is 1. The van der Waals surface area contributed by atoms with Crippen LogP contribution in [0.3, 0.4) is 0 Å². The normalized spacial score (nSPS) is 18.4. The lowest BCUT2D eigenvalue weighted by atomic mass is 10.0. The van der Waals surface area contributed by atoms with Crippen molar-refractivity contribution in [2.45, 2.75) is 64.5 Å². The van der Waals surface area contributed by atoms with Crippen molar-refractivity contribution in [1.82, 2.24) is 15.2 Å². The molecule has 1 fully saturated rings. The first-order valence-electron chi connectivity index (χ1n) is 10.4. The lowest BCUT2D eigenvalue weighted by molar-refractivity contribution is -0.0318. The average molecular weight is 395 g/mol. The van der Waals surface area contributed by atoms with Crippen LogP contribution < -0.4 is 5.32 Å². The van der Waals surface area contributed by atoms with Gasteiger partial charge in [-0.1, -0.05) is 0 Å². The Kier molecular flexibility index (Phi) is 8.35. The first-order chi connectivity index (χ1) is 13.3. The van der Waals surface area contributed by atoms with Gasteiger partial charge in [0.2, 0.25) is 0 Å². The van der Waals surface area contributed by atoms with Gasteiger partial charge in [-0.3, -0.25) is 4.99 Å². The Labute approximate surface area is 167 Å². The van der Waals surface area contributed by atoms with E-state index in [9.17, 15) is 0 Å². The second-order valence-corrected chi connectivity index (χ2v) is 8.48. The summed E-state index contributed by atoms with van der Waals surface area (Å²) in [6.07, 6.45) is 8.31. The van der Waals surface area contributed by atoms with Crippen LogP contribution in [0.5, 0.6) is 0 Å². The third-order valence-electron chi connectivity index (χ3n) is 5.04. The van der Waals surface area contributed by atoms with E-state index < -0.39 is 0 Å². The molecule has 27 heavy (non-hydrogen) atoms. The van der Waals surface area contributed by atoms with Crippen molar-refractivity contribution in [2.24, 2.45) is 4.99 Å². The molecule has 6 nitrogen and oxygen atoms in total. The molecule has 0 radical (unpaired) electrons. The van der Waals surface area contributed by atoms with Gasteiger partial charge in [0.15, 0.2) is 5.96 Å². The Balaban J connectivity index is 1.44. The smallest absolute Gasteiger partial charge is 0.194 e. The van der Waals surface area contributed by atoms with E-state index in [2.05, 4.69) is 24.2 Å². The van der Waals surface area contributed by atoms with E-state index in [0.29, 0.717) is 6.10 Å². The molecule has 7 heteroatoms. The van der Waals surface area contributed by atoms with Crippen LogP contribution in [0.1, 0.15) is 54.6 Å². The van der Waals surface area contributed by atoms with Crippen LogP contribution in [0, 0.1) is 0 Å². The molecule has 1 aromatic heterocycles. The summed E-state index contributed by atoms with van der Waals surface area (Å²) in [5.41, 5.74) is 1.34. The number of nitrogens with zero attached hydrogens (tertiary/aromatic N) is 3. The minimum Gasteiger partial charge on any atom is -0.381 e. The lowest BCUT2D eigenvalue weighted by Gasteiger charge is -2.22. The van der Waals surface area contributed by atoms with Gasteiger partial charge in [-0.2, -0.15) is 0 Å². The van der Waals surface area contributed by atoms with Crippen LogP contribution in [-0.4, -0.2) is 61.9 Å². The molecule has 2 heterocycles.